The Balaban J connectivity index is 3.73. The van der Waals surface area contributed by atoms with E-state index in [0.29, 0.717) is 5.75 Å². The average molecular weight is 220 g/mol. The molecule has 1 atom stereocenters. The normalized spacial score (nSPS) is 11.9. The van der Waals surface area contributed by atoms with Crippen LogP contribution in [0.5, 0.6) is 0 Å². The second kappa shape index (κ2) is 7.67. The maximum absolute atomic E-state index is 11.1. The van der Waals surface area contributed by atoms with Crippen molar-refractivity contribution in [1.29, 1.82) is 0 Å². The molecule has 4 nitrogen and oxygen atoms in total. The Bertz CT molecular complexity index is 193. The summed E-state index contributed by atoms with van der Waals surface area (Å²) >= 11 is 1.39. The van der Waals surface area contributed by atoms with Gasteiger partial charge in [0.25, 0.3) is 0 Å². The summed E-state index contributed by atoms with van der Waals surface area (Å²) in [6.45, 7) is 1.92. The minimum Gasteiger partial charge on any atom is -0.469 e. The van der Waals surface area contributed by atoms with Crippen molar-refractivity contribution in [2.75, 3.05) is 25.7 Å². The standard InChI is InChI=1S/C9H16O4S/c1-4-7(9(11)13-3)5-14-6-8(10)12-2/h7H,4-6H2,1-3H3. The molecule has 0 aliphatic heterocycles. The summed E-state index contributed by atoms with van der Waals surface area (Å²) in [6, 6.07) is 0. The molecular formula is C9H16O4S. The highest BCUT2D eigenvalue weighted by Crippen LogP contribution is 2.13. The molecule has 0 aromatic carbocycles. The summed E-state index contributed by atoms with van der Waals surface area (Å²) < 4.78 is 9.10. The second-order valence-corrected chi connectivity index (χ2v) is 3.75. The zero-order valence-electron chi connectivity index (χ0n) is 8.74. The number of rotatable bonds is 6. The average Bonchev–Trinajstić information content (AvgIpc) is 2.22. The van der Waals surface area contributed by atoms with E-state index in [0.717, 1.165) is 6.42 Å². The van der Waals surface area contributed by atoms with Crippen LogP contribution in [0, 0.1) is 5.92 Å². The molecule has 0 rings (SSSR count). The molecule has 0 aliphatic rings. The molecule has 0 amide bonds. The van der Waals surface area contributed by atoms with Crippen molar-refractivity contribution in [3.63, 3.8) is 0 Å². The van der Waals surface area contributed by atoms with Gasteiger partial charge in [0.05, 0.1) is 25.9 Å². The van der Waals surface area contributed by atoms with Gasteiger partial charge in [-0.15, -0.1) is 11.8 Å². The van der Waals surface area contributed by atoms with E-state index in [1.807, 2.05) is 6.92 Å². The highest BCUT2D eigenvalue weighted by molar-refractivity contribution is 7.99. The molecule has 0 N–H and O–H groups in total. The summed E-state index contributed by atoms with van der Waals surface area (Å²) in [4.78, 5) is 21.9. The lowest BCUT2D eigenvalue weighted by Gasteiger charge is -2.10. The third-order valence-corrected chi connectivity index (χ3v) is 2.87. The van der Waals surface area contributed by atoms with Gasteiger partial charge < -0.3 is 9.47 Å². The Morgan fingerprint density at radius 1 is 1.29 bits per heavy atom. The Hall–Kier alpha value is -0.710. The van der Waals surface area contributed by atoms with Crippen molar-refractivity contribution >= 4 is 23.7 Å². The molecule has 0 radical (unpaired) electrons. The number of hydrogen-bond acceptors (Lipinski definition) is 5. The SMILES string of the molecule is CCC(CSCC(=O)OC)C(=O)OC. The van der Waals surface area contributed by atoms with Crippen molar-refractivity contribution in [1.82, 2.24) is 0 Å². The third kappa shape index (κ3) is 5.11. The first-order valence-corrected chi connectivity index (χ1v) is 5.53. The van der Waals surface area contributed by atoms with Crippen LogP contribution in [0.1, 0.15) is 13.3 Å². The van der Waals surface area contributed by atoms with Gasteiger partial charge in [0.1, 0.15) is 0 Å². The van der Waals surface area contributed by atoms with Crippen LogP contribution >= 0.6 is 11.8 Å². The minimum atomic E-state index is -0.269. The smallest absolute Gasteiger partial charge is 0.315 e. The Labute approximate surface area is 88.3 Å². The Kier molecular flexibility index (Phi) is 7.28. The summed E-state index contributed by atoms with van der Waals surface area (Å²) in [6.07, 6.45) is 0.723. The maximum atomic E-state index is 11.1. The number of carbonyl (C=O) groups is 2. The first-order chi connectivity index (χ1) is 6.65. The van der Waals surface area contributed by atoms with Crippen LogP contribution in [0.15, 0.2) is 0 Å². The molecule has 82 valence electrons. The van der Waals surface area contributed by atoms with Gasteiger partial charge in [-0.05, 0) is 6.42 Å². The van der Waals surface area contributed by atoms with Crippen LogP contribution in [-0.2, 0) is 19.1 Å². The Morgan fingerprint density at radius 3 is 2.36 bits per heavy atom. The largest absolute Gasteiger partial charge is 0.469 e. The molecule has 0 aromatic rings. The molecule has 0 saturated carbocycles. The first-order valence-electron chi connectivity index (χ1n) is 4.38. The monoisotopic (exact) mass is 220 g/mol. The van der Waals surface area contributed by atoms with E-state index in [9.17, 15) is 9.59 Å². The van der Waals surface area contributed by atoms with E-state index in [-0.39, 0.29) is 23.6 Å². The minimum absolute atomic E-state index is 0.130. The summed E-state index contributed by atoms with van der Waals surface area (Å²) in [5.41, 5.74) is 0. The van der Waals surface area contributed by atoms with Crippen LogP contribution in [-0.4, -0.2) is 37.7 Å². The lowest BCUT2D eigenvalue weighted by molar-refractivity contribution is -0.144. The van der Waals surface area contributed by atoms with Gasteiger partial charge in [0.2, 0.25) is 0 Å². The van der Waals surface area contributed by atoms with E-state index in [1.54, 1.807) is 0 Å². The number of hydrogen-bond donors (Lipinski definition) is 0. The molecule has 0 spiro atoms. The predicted octanol–water partition coefficient (Wildman–Crippen LogP) is 1.09. The molecule has 0 aliphatic carbocycles. The molecular weight excluding hydrogens is 204 g/mol. The fourth-order valence-corrected chi connectivity index (χ4v) is 1.92. The van der Waals surface area contributed by atoms with Crippen LogP contribution in [0.25, 0.3) is 0 Å². The molecule has 0 saturated heterocycles. The summed E-state index contributed by atoms with van der Waals surface area (Å²) in [5, 5.41) is 0. The molecule has 5 heteroatoms. The van der Waals surface area contributed by atoms with Gasteiger partial charge >= 0.3 is 11.9 Å². The summed E-state index contributed by atoms with van der Waals surface area (Å²) in [7, 11) is 2.72. The molecule has 1 unspecified atom stereocenters. The van der Waals surface area contributed by atoms with Gasteiger partial charge in [-0.2, -0.15) is 0 Å². The highest BCUT2D eigenvalue weighted by atomic mass is 32.2. The maximum Gasteiger partial charge on any atom is 0.315 e. The van der Waals surface area contributed by atoms with Crippen molar-refractivity contribution in [2.45, 2.75) is 13.3 Å². The van der Waals surface area contributed by atoms with Crippen molar-refractivity contribution in [3.8, 4) is 0 Å². The molecule has 0 heterocycles. The van der Waals surface area contributed by atoms with E-state index in [2.05, 4.69) is 9.47 Å². The fraction of sp³-hybridized carbons (Fsp3) is 0.778. The number of esters is 2. The first kappa shape index (κ1) is 13.3. The van der Waals surface area contributed by atoms with Crippen LogP contribution in [0.2, 0.25) is 0 Å². The van der Waals surface area contributed by atoms with Crippen LogP contribution < -0.4 is 0 Å². The van der Waals surface area contributed by atoms with E-state index in [4.69, 9.17) is 0 Å². The third-order valence-electron chi connectivity index (χ3n) is 1.79. The lowest BCUT2D eigenvalue weighted by Crippen LogP contribution is -2.18. The Morgan fingerprint density at radius 2 is 1.93 bits per heavy atom. The van der Waals surface area contributed by atoms with Gasteiger partial charge in [0, 0.05) is 5.75 Å². The fourth-order valence-electron chi connectivity index (χ4n) is 0.863. The van der Waals surface area contributed by atoms with E-state index in [1.165, 1.54) is 26.0 Å². The number of ether oxygens (including phenoxy) is 2. The zero-order valence-corrected chi connectivity index (χ0v) is 9.56. The second-order valence-electron chi connectivity index (χ2n) is 2.72. The topological polar surface area (TPSA) is 52.6 Å². The predicted molar refractivity (Wildman–Crippen MR) is 55.1 cm³/mol. The van der Waals surface area contributed by atoms with Gasteiger partial charge in [-0.1, -0.05) is 6.92 Å². The summed E-state index contributed by atoms with van der Waals surface area (Å²) in [5.74, 6) is 0.261. The molecule has 0 bridgehead atoms. The zero-order chi connectivity index (χ0) is 11.0. The van der Waals surface area contributed by atoms with E-state index < -0.39 is 0 Å². The van der Waals surface area contributed by atoms with Crippen LogP contribution in [0.3, 0.4) is 0 Å². The quantitative estimate of drug-likeness (QED) is 0.627. The molecule has 0 aromatic heterocycles. The van der Waals surface area contributed by atoms with Gasteiger partial charge in [-0.3, -0.25) is 9.59 Å². The molecule has 0 fully saturated rings. The van der Waals surface area contributed by atoms with Crippen molar-refractivity contribution in [2.24, 2.45) is 5.92 Å². The van der Waals surface area contributed by atoms with Crippen molar-refractivity contribution < 1.29 is 19.1 Å². The lowest BCUT2D eigenvalue weighted by atomic mass is 10.1. The molecule has 14 heavy (non-hydrogen) atoms. The van der Waals surface area contributed by atoms with E-state index >= 15 is 0 Å². The number of thioether (sulfide) groups is 1. The van der Waals surface area contributed by atoms with Gasteiger partial charge in [-0.25, -0.2) is 0 Å². The van der Waals surface area contributed by atoms with Crippen LogP contribution in [0.4, 0.5) is 0 Å². The van der Waals surface area contributed by atoms with Crippen molar-refractivity contribution in [3.05, 3.63) is 0 Å². The highest BCUT2D eigenvalue weighted by Gasteiger charge is 2.17. The van der Waals surface area contributed by atoms with Gasteiger partial charge in [0.15, 0.2) is 0 Å². The number of carbonyl (C=O) groups excluding carboxylic acids is 2. The number of methoxy groups -OCH3 is 2.